The molecule has 0 fully saturated rings. The molecule has 0 radical (unpaired) electrons. The van der Waals surface area contributed by atoms with Gasteiger partial charge in [-0.2, -0.15) is 33.7 Å². The third-order valence-corrected chi connectivity index (χ3v) is 4.90. The van der Waals surface area contributed by atoms with Gasteiger partial charge in [0.15, 0.2) is 0 Å². The maximum Gasteiger partial charge on any atom is 0.399 e. The fourth-order valence-electron chi connectivity index (χ4n) is 0.272. The van der Waals surface area contributed by atoms with Crippen molar-refractivity contribution in [1.29, 1.82) is 0 Å². The van der Waals surface area contributed by atoms with Crippen LogP contribution in [0.3, 0.4) is 0 Å². The molecule has 176 valence electrons. The van der Waals surface area contributed by atoms with Crippen molar-refractivity contribution in [3.8, 4) is 0 Å². The van der Waals surface area contributed by atoms with Gasteiger partial charge in [0, 0.05) is 0 Å². The van der Waals surface area contributed by atoms with Crippen molar-refractivity contribution in [2.45, 2.75) is 0 Å². The van der Waals surface area contributed by atoms with E-state index in [-0.39, 0.29) is 0 Å². The highest BCUT2D eigenvalue weighted by Gasteiger charge is 2.02. The van der Waals surface area contributed by atoms with Gasteiger partial charge in [0.1, 0.15) is 0 Å². The summed E-state index contributed by atoms with van der Waals surface area (Å²) in [6, 6.07) is 0. The molecule has 0 aromatic heterocycles. The zero-order valence-corrected chi connectivity index (χ0v) is 19.4. The Balaban J connectivity index is -0.000000137. The second kappa shape index (κ2) is 17.3. The lowest BCUT2D eigenvalue weighted by Gasteiger charge is -1.91. The van der Waals surface area contributed by atoms with E-state index in [4.69, 9.17) is 0 Å². The van der Waals surface area contributed by atoms with Crippen molar-refractivity contribution in [2.75, 3.05) is 56.9 Å². The molecule has 0 spiro atoms. The Morgan fingerprint density at radius 3 is 0.357 bits per heavy atom. The Hall–Kier alpha value is -0.520. The first-order valence-corrected chi connectivity index (χ1v) is 11.3. The fourth-order valence-corrected chi connectivity index (χ4v) is 0.816. The van der Waals surface area contributed by atoms with Crippen LogP contribution < -0.4 is 0 Å². The molecule has 0 aromatic rings. The second-order valence-corrected chi connectivity index (χ2v) is 8.90. The molecule has 0 bridgehead atoms. The fraction of sp³-hybridized carbons (Fsp3) is 1.00. The summed E-state index contributed by atoms with van der Waals surface area (Å²) in [7, 11) is -6.42. The molecular formula is C8H24O16S4. The summed E-state index contributed by atoms with van der Waals surface area (Å²) >= 11 is 0. The van der Waals surface area contributed by atoms with E-state index >= 15 is 0 Å². The van der Waals surface area contributed by atoms with Crippen LogP contribution in [-0.4, -0.2) is 90.5 Å². The van der Waals surface area contributed by atoms with E-state index < -0.39 is 41.6 Å². The van der Waals surface area contributed by atoms with Gasteiger partial charge < -0.3 is 0 Å². The van der Waals surface area contributed by atoms with Gasteiger partial charge in [-0.25, -0.2) is 0 Å². The molecule has 0 aliphatic heterocycles. The zero-order chi connectivity index (χ0) is 23.7. The van der Waals surface area contributed by atoms with Crippen LogP contribution in [0.25, 0.3) is 0 Å². The van der Waals surface area contributed by atoms with Crippen LogP contribution in [0.1, 0.15) is 0 Å². The van der Waals surface area contributed by atoms with Crippen LogP contribution >= 0.6 is 0 Å². The van der Waals surface area contributed by atoms with Gasteiger partial charge in [-0.1, -0.05) is 0 Å². The maximum absolute atomic E-state index is 9.92. The molecule has 28 heavy (non-hydrogen) atoms. The zero-order valence-electron chi connectivity index (χ0n) is 16.2. The molecule has 0 heterocycles. The lowest BCUT2D eigenvalue weighted by molar-refractivity contribution is 0.284. The smallest absolute Gasteiger partial charge is 0.252 e. The summed E-state index contributed by atoms with van der Waals surface area (Å²) < 4.78 is 110. The van der Waals surface area contributed by atoms with Crippen molar-refractivity contribution in [3.63, 3.8) is 0 Å². The minimum absolute atomic E-state index is 1.03. The van der Waals surface area contributed by atoms with Gasteiger partial charge in [-0.05, 0) is 0 Å². The van der Waals surface area contributed by atoms with E-state index in [1.807, 2.05) is 0 Å². The molecule has 0 saturated carbocycles. The van der Waals surface area contributed by atoms with E-state index in [1.165, 1.54) is 0 Å². The maximum atomic E-state index is 9.92. The molecule has 16 nitrogen and oxygen atoms in total. The molecule has 0 unspecified atom stereocenters. The Morgan fingerprint density at radius 1 is 0.286 bits per heavy atom. The van der Waals surface area contributed by atoms with Crippen molar-refractivity contribution in [1.82, 2.24) is 0 Å². The predicted octanol–water partition coefficient (Wildman–Crippen LogP) is -1.90. The van der Waals surface area contributed by atoms with Crippen LogP contribution in [0, 0.1) is 0 Å². The summed E-state index contributed by atoms with van der Waals surface area (Å²) in [5, 5.41) is 0. The van der Waals surface area contributed by atoms with Gasteiger partial charge in [0.2, 0.25) is 0 Å². The van der Waals surface area contributed by atoms with Crippen LogP contribution in [0.5, 0.6) is 0 Å². The number of hydrogen-bond donors (Lipinski definition) is 0. The van der Waals surface area contributed by atoms with Gasteiger partial charge in [0.25, 0.3) is 0 Å². The molecule has 0 atom stereocenters. The highest BCUT2D eigenvalue weighted by molar-refractivity contribution is 7.82. The van der Waals surface area contributed by atoms with Gasteiger partial charge in [0.05, 0.1) is 56.9 Å². The van der Waals surface area contributed by atoms with Gasteiger partial charge in [-0.15, -0.1) is 0 Å². The highest BCUT2D eigenvalue weighted by Crippen LogP contribution is 1.87. The van der Waals surface area contributed by atoms with E-state index in [0.29, 0.717) is 0 Å². The van der Waals surface area contributed by atoms with E-state index in [1.54, 1.807) is 0 Å². The molecule has 0 rings (SSSR count). The third-order valence-electron chi connectivity index (χ3n) is 1.63. The minimum Gasteiger partial charge on any atom is -0.252 e. The van der Waals surface area contributed by atoms with E-state index in [9.17, 15) is 33.7 Å². The first-order valence-electron chi connectivity index (χ1n) is 5.93. The quantitative estimate of drug-likeness (QED) is 0.353. The number of rotatable bonds is 8. The lowest BCUT2D eigenvalue weighted by Crippen LogP contribution is -2.02. The molecule has 0 amide bonds. The first kappa shape index (κ1) is 35.0. The Morgan fingerprint density at radius 2 is 0.357 bits per heavy atom. The Kier molecular flexibility index (Phi) is 21.7. The van der Waals surface area contributed by atoms with Gasteiger partial charge in [-0.3, -0.25) is 33.5 Å². The van der Waals surface area contributed by atoms with Crippen LogP contribution in [-0.2, 0) is 75.1 Å². The SMILES string of the molecule is COS(=O)(=O)OC.COS(=O)(=O)OC.COS(=O)(=O)OC.COS(=O)(=O)OC. The third kappa shape index (κ3) is 27.7. The summed E-state index contributed by atoms with van der Waals surface area (Å²) in [6.07, 6.45) is 0. The first-order chi connectivity index (χ1) is 12.5. The molecular weight excluding hydrogens is 480 g/mol. The Bertz CT molecular complexity index is 587. The van der Waals surface area contributed by atoms with Crippen LogP contribution in [0.4, 0.5) is 0 Å². The highest BCUT2D eigenvalue weighted by atomic mass is 32.3. The van der Waals surface area contributed by atoms with Crippen LogP contribution in [0.2, 0.25) is 0 Å². The minimum atomic E-state index is -3.66. The summed E-state index contributed by atoms with van der Waals surface area (Å²) in [6.45, 7) is 0. The molecule has 0 saturated heterocycles. The predicted molar refractivity (Wildman–Crippen MR) is 91.8 cm³/mol. The normalized spacial score (nSPS) is 11.7. The number of hydrogen-bond acceptors (Lipinski definition) is 16. The molecule has 0 aromatic carbocycles. The summed E-state index contributed by atoms with van der Waals surface area (Å²) in [5.74, 6) is 0. The second-order valence-electron chi connectivity index (χ2n) is 2.97. The summed E-state index contributed by atoms with van der Waals surface area (Å²) in [4.78, 5) is 0. The average molecular weight is 505 g/mol. The standard InChI is InChI=1S/4C2H6O4S/c4*1-5-7(3,4)6-2/h4*1-2H3. The molecule has 0 aliphatic rings. The summed E-state index contributed by atoms with van der Waals surface area (Å²) in [5.41, 5.74) is 0. The van der Waals surface area contributed by atoms with Crippen molar-refractivity contribution >= 4 is 41.6 Å². The molecule has 0 aliphatic carbocycles. The van der Waals surface area contributed by atoms with Crippen molar-refractivity contribution in [2.24, 2.45) is 0 Å². The van der Waals surface area contributed by atoms with Gasteiger partial charge >= 0.3 is 41.6 Å². The van der Waals surface area contributed by atoms with Crippen LogP contribution in [0.15, 0.2) is 0 Å². The lowest BCUT2D eigenvalue weighted by atomic mass is 11.8. The largest absolute Gasteiger partial charge is 0.399 e. The Labute approximate surface area is 165 Å². The monoisotopic (exact) mass is 504 g/mol. The van der Waals surface area contributed by atoms with E-state index in [0.717, 1.165) is 56.9 Å². The molecule has 20 heteroatoms. The van der Waals surface area contributed by atoms with E-state index in [2.05, 4.69) is 33.5 Å². The average Bonchev–Trinajstić information content (AvgIpc) is 2.69. The van der Waals surface area contributed by atoms with Crippen molar-refractivity contribution in [3.05, 3.63) is 0 Å². The van der Waals surface area contributed by atoms with Crippen molar-refractivity contribution < 1.29 is 67.1 Å². The molecule has 0 N–H and O–H groups in total. The topological polar surface area (TPSA) is 210 Å².